The number of rotatable bonds is 21. The molecule has 0 spiro atoms. The van der Waals surface area contributed by atoms with E-state index in [0.29, 0.717) is 6.42 Å². The summed E-state index contributed by atoms with van der Waals surface area (Å²) in [5, 5.41) is 8.56. The number of carbonyl (C=O) groups excluding carboxylic acids is 1. The Balaban J connectivity index is 0. The highest BCUT2D eigenvalue weighted by molar-refractivity contribution is 5.83. The first-order valence-electron chi connectivity index (χ1n) is 13.0. The van der Waals surface area contributed by atoms with Gasteiger partial charge in [0.2, 0.25) is 5.91 Å². The third-order valence-corrected chi connectivity index (χ3v) is 5.63. The summed E-state index contributed by atoms with van der Waals surface area (Å²) in [4.78, 5) is 20.5. The van der Waals surface area contributed by atoms with E-state index in [0.717, 1.165) is 12.8 Å². The van der Waals surface area contributed by atoms with Gasteiger partial charge in [0.1, 0.15) is 0 Å². The monoisotopic (exact) mass is 442 g/mol. The normalized spacial score (nSPS) is 11.1. The Labute approximate surface area is 193 Å². The van der Waals surface area contributed by atoms with Crippen LogP contribution in [0.15, 0.2) is 0 Å². The molecule has 0 atom stereocenters. The predicted molar refractivity (Wildman–Crippen MR) is 133 cm³/mol. The van der Waals surface area contributed by atoms with Crippen molar-refractivity contribution in [3.05, 3.63) is 0 Å². The first-order chi connectivity index (χ1) is 14.7. The van der Waals surface area contributed by atoms with Gasteiger partial charge < -0.3 is 16.6 Å². The molecule has 186 valence electrons. The van der Waals surface area contributed by atoms with Crippen molar-refractivity contribution < 1.29 is 14.7 Å². The highest BCUT2D eigenvalue weighted by Crippen LogP contribution is 2.14. The number of primary amides is 1. The van der Waals surface area contributed by atoms with E-state index in [4.69, 9.17) is 16.6 Å². The van der Waals surface area contributed by atoms with Crippen LogP contribution in [0.2, 0.25) is 0 Å². The molecule has 0 aliphatic heterocycles. The lowest BCUT2D eigenvalue weighted by Gasteiger charge is -2.10. The summed E-state index contributed by atoms with van der Waals surface area (Å²) in [5.41, 5.74) is 9.15. The van der Waals surface area contributed by atoms with Gasteiger partial charge in [-0.25, -0.2) is 0 Å². The van der Waals surface area contributed by atoms with Crippen molar-refractivity contribution in [2.75, 3.05) is 0 Å². The van der Waals surface area contributed by atoms with Crippen LogP contribution in [0.25, 0.3) is 0 Å². The van der Waals surface area contributed by atoms with Crippen molar-refractivity contribution in [3.8, 4) is 0 Å². The lowest BCUT2D eigenvalue weighted by atomic mass is 10.0. The molecule has 0 bridgehead atoms. The average Bonchev–Trinajstić information content (AvgIpc) is 2.69. The molecule has 0 aliphatic carbocycles. The molecule has 31 heavy (non-hydrogen) atoms. The number of nitrogens with two attached hydrogens (primary N) is 2. The van der Waals surface area contributed by atoms with E-state index in [2.05, 4.69) is 6.92 Å². The minimum absolute atomic E-state index is 0.346. The Morgan fingerprint density at radius 2 is 0.839 bits per heavy atom. The number of unbranched alkanes of at least 4 members (excludes halogenated alkanes) is 18. The number of hydrogen-bond donors (Lipinski definition) is 3. The van der Waals surface area contributed by atoms with Crippen molar-refractivity contribution in [2.45, 2.75) is 155 Å². The zero-order chi connectivity index (χ0) is 23.8. The van der Waals surface area contributed by atoms with Gasteiger partial charge in [-0.3, -0.25) is 9.59 Å². The molecule has 0 aliphatic rings. The highest BCUT2D eigenvalue weighted by atomic mass is 16.4. The molecule has 0 saturated carbocycles. The van der Waals surface area contributed by atoms with E-state index in [1.807, 2.05) is 0 Å². The fraction of sp³-hybridized carbons (Fsp3) is 0.923. The number of carboxylic acids is 1. The molecule has 0 heterocycles. The number of amides is 1. The SMILES string of the molecule is CC(C)(N)C(N)=O.CCCCCCCCCCCCCCCCCCCCCC(=O)O. The molecule has 0 aromatic rings. The van der Waals surface area contributed by atoms with Gasteiger partial charge >= 0.3 is 5.97 Å². The molecule has 5 nitrogen and oxygen atoms in total. The maximum absolute atomic E-state index is 10.4. The van der Waals surface area contributed by atoms with Crippen LogP contribution in [0.1, 0.15) is 149 Å². The van der Waals surface area contributed by atoms with Gasteiger partial charge in [0, 0.05) is 6.42 Å². The van der Waals surface area contributed by atoms with Crippen LogP contribution in [-0.4, -0.2) is 22.5 Å². The van der Waals surface area contributed by atoms with Gasteiger partial charge in [0.05, 0.1) is 5.54 Å². The third-order valence-electron chi connectivity index (χ3n) is 5.63. The van der Waals surface area contributed by atoms with Crippen LogP contribution >= 0.6 is 0 Å². The van der Waals surface area contributed by atoms with Crippen molar-refractivity contribution >= 4 is 11.9 Å². The first kappa shape index (κ1) is 32.1. The molecule has 0 fully saturated rings. The summed E-state index contributed by atoms with van der Waals surface area (Å²) in [6.07, 6.45) is 26.1. The van der Waals surface area contributed by atoms with Crippen LogP contribution in [-0.2, 0) is 9.59 Å². The Hall–Kier alpha value is -1.10. The van der Waals surface area contributed by atoms with Crippen LogP contribution in [0.3, 0.4) is 0 Å². The molecule has 5 N–H and O–H groups in total. The summed E-state index contributed by atoms with van der Waals surface area (Å²) < 4.78 is 0. The van der Waals surface area contributed by atoms with E-state index in [-0.39, 0.29) is 0 Å². The van der Waals surface area contributed by atoms with Gasteiger partial charge in [-0.1, -0.05) is 122 Å². The van der Waals surface area contributed by atoms with E-state index < -0.39 is 17.4 Å². The van der Waals surface area contributed by atoms with Gasteiger partial charge in [-0.05, 0) is 20.3 Å². The minimum Gasteiger partial charge on any atom is -0.481 e. The number of carboxylic acid groups (broad SMARTS) is 1. The van der Waals surface area contributed by atoms with Gasteiger partial charge in [-0.2, -0.15) is 0 Å². The number of aliphatic carboxylic acids is 1. The Morgan fingerprint density at radius 3 is 1.03 bits per heavy atom. The van der Waals surface area contributed by atoms with Crippen molar-refractivity contribution in [2.24, 2.45) is 11.5 Å². The van der Waals surface area contributed by atoms with Crippen LogP contribution in [0, 0.1) is 0 Å². The maximum atomic E-state index is 10.4. The van der Waals surface area contributed by atoms with Crippen LogP contribution in [0.5, 0.6) is 0 Å². The molecular weight excluding hydrogens is 388 g/mol. The van der Waals surface area contributed by atoms with E-state index in [9.17, 15) is 9.59 Å². The third kappa shape index (κ3) is 31.2. The van der Waals surface area contributed by atoms with E-state index >= 15 is 0 Å². The van der Waals surface area contributed by atoms with Crippen molar-refractivity contribution in [1.82, 2.24) is 0 Å². The first-order valence-corrected chi connectivity index (χ1v) is 13.0. The van der Waals surface area contributed by atoms with Gasteiger partial charge in [-0.15, -0.1) is 0 Å². The Kier molecular flexibility index (Phi) is 24.4. The fourth-order valence-electron chi connectivity index (χ4n) is 3.35. The summed E-state index contributed by atoms with van der Waals surface area (Å²) >= 11 is 0. The molecule has 0 radical (unpaired) electrons. The second kappa shape index (κ2) is 23.6. The lowest BCUT2D eigenvalue weighted by molar-refractivity contribution is -0.137. The molecule has 0 unspecified atom stereocenters. The summed E-state index contributed by atoms with van der Waals surface area (Å²) in [6.45, 7) is 5.41. The molecular formula is C26H54N2O3. The topological polar surface area (TPSA) is 106 Å². The molecule has 0 saturated heterocycles. The quantitative estimate of drug-likeness (QED) is 0.165. The summed E-state index contributed by atoms with van der Waals surface area (Å²) in [7, 11) is 0. The fourth-order valence-corrected chi connectivity index (χ4v) is 3.35. The maximum Gasteiger partial charge on any atom is 0.303 e. The smallest absolute Gasteiger partial charge is 0.303 e. The van der Waals surface area contributed by atoms with Crippen molar-refractivity contribution in [3.63, 3.8) is 0 Å². The second-order valence-corrected chi connectivity index (χ2v) is 9.59. The average molecular weight is 443 g/mol. The van der Waals surface area contributed by atoms with E-state index in [1.54, 1.807) is 13.8 Å². The van der Waals surface area contributed by atoms with Gasteiger partial charge in [0.15, 0.2) is 0 Å². The lowest BCUT2D eigenvalue weighted by Crippen LogP contribution is -2.46. The Morgan fingerprint density at radius 1 is 0.613 bits per heavy atom. The largest absolute Gasteiger partial charge is 0.481 e. The zero-order valence-corrected chi connectivity index (χ0v) is 21.1. The zero-order valence-electron chi connectivity index (χ0n) is 21.1. The van der Waals surface area contributed by atoms with E-state index in [1.165, 1.54) is 109 Å². The standard InChI is InChI=1S/C22H44O2.C4H10N2O/c1-2-3-4-5-6-7-8-9-10-11-12-13-14-15-16-17-18-19-20-21-22(23)24;1-4(2,6)3(5)7/h2-21H2,1H3,(H,23,24);6H2,1-2H3,(H2,5,7). The molecule has 1 amide bonds. The minimum atomic E-state index is -0.861. The van der Waals surface area contributed by atoms with Crippen molar-refractivity contribution in [1.29, 1.82) is 0 Å². The predicted octanol–water partition coefficient (Wildman–Crippen LogP) is 7.10. The molecule has 0 aromatic heterocycles. The summed E-state index contributed by atoms with van der Waals surface area (Å²) in [5.74, 6) is -1.13. The number of carbonyl (C=O) groups is 2. The summed E-state index contributed by atoms with van der Waals surface area (Å²) in [6, 6.07) is 0. The Bertz CT molecular complexity index is 406. The highest BCUT2D eigenvalue weighted by Gasteiger charge is 2.16. The number of hydrogen-bond acceptors (Lipinski definition) is 3. The van der Waals surface area contributed by atoms with Crippen LogP contribution in [0.4, 0.5) is 0 Å². The molecule has 5 heteroatoms. The van der Waals surface area contributed by atoms with Crippen LogP contribution < -0.4 is 11.5 Å². The molecule has 0 aromatic carbocycles. The van der Waals surface area contributed by atoms with Gasteiger partial charge in [0.25, 0.3) is 0 Å². The molecule has 0 rings (SSSR count). The second-order valence-electron chi connectivity index (χ2n) is 9.59.